The van der Waals surface area contributed by atoms with Gasteiger partial charge >= 0.3 is 0 Å². The summed E-state index contributed by atoms with van der Waals surface area (Å²) in [6.07, 6.45) is 0. The van der Waals surface area contributed by atoms with Gasteiger partial charge in [0.05, 0.1) is 10.7 Å². The van der Waals surface area contributed by atoms with Gasteiger partial charge in [-0.2, -0.15) is 0 Å². The van der Waals surface area contributed by atoms with E-state index in [1.54, 1.807) is 24.3 Å². The quantitative estimate of drug-likeness (QED) is 0.334. The summed E-state index contributed by atoms with van der Waals surface area (Å²) in [6, 6.07) is 23.2. The third-order valence-corrected chi connectivity index (χ3v) is 4.82. The maximum Gasteiger partial charge on any atom is 0.269 e. The predicted molar refractivity (Wildman–Crippen MR) is 110 cm³/mol. The Morgan fingerprint density at radius 2 is 1.64 bits per heavy atom. The van der Waals surface area contributed by atoms with E-state index >= 15 is 0 Å². The lowest BCUT2D eigenvalue weighted by Crippen LogP contribution is -2.13. The van der Waals surface area contributed by atoms with Gasteiger partial charge in [0, 0.05) is 22.7 Å². The summed E-state index contributed by atoms with van der Waals surface area (Å²) < 4.78 is 5.72. The highest BCUT2D eigenvalue weighted by Crippen LogP contribution is 2.22. The lowest BCUT2D eigenvalue weighted by Gasteiger charge is -2.08. The van der Waals surface area contributed by atoms with Crippen molar-refractivity contribution in [1.82, 2.24) is 0 Å². The van der Waals surface area contributed by atoms with E-state index in [-0.39, 0.29) is 17.3 Å². The Morgan fingerprint density at radius 3 is 2.29 bits per heavy atom. The lowest BCUT2D eigenvalue weighted by atomic mass is 10.2. The van der Waals surface area contributed by atoms with Crippen LogP contribution in [0.2, 0.25) is 0 Å². The molecule has 6 nitrogen and oxygen atoms in total. The van der Waals surface area contributed by atoms with Gasteiger partial charge in [-0.25, -0.2) is 0 Å². The standard InChI is InChI=1S/C21H18N2O4S/c24-21(15-28-20-12-8-18(9-13-20)23(25)26)22-17-6-10-19(11-7-17)27-14-16-4-2-1-3-5-16/h1-13H,14-15H2,(H,22,24). The van der Waals surface area contributed by atoms with E-state index in [9.17, 15) is 14.9 Å². The Kier molecular flexibility index (Phi) is 6.64. The van der Waals surface area contributed by atoms with Crippen LogP contribution < -0.4 is 10.1 Å². The Labute approximate surface area is 166 Å². The summed E-state index contributed by atoms with van der Waals surface area (Å²) in [5.41, 5.74) is 1.80. The average Bonchev–Trinajstić information content (AvgIpc) is 2.73. The maximum absolute atomic E-state index is 12.1. The minimum absolute atomic E-state index is 0.0309. The van der Waals surface area contributed by atoms with E-state index in [0.29, 0.717) is 12.3 Å². The number of hydrogen-bond donors (Lipinski definition) is 1. The second-order valence-corrected chi connectivity index (χ2v) is 6.94. The van der Waals surface area contributed by atoms with Crippen LogP contribution in [-0.4, -0.2) is 16.6 Å². The van der Waals surface area contributed by atoms with Gasteiger partial charge in [0.15, 0.2) is 0 Å². The lowest BCUT2D eigenvalue weighted by molar-refractivity contribution is -0.384. The molecule has 0 bridgehead atoms. The zero-order valence-corrected chi connectivity index (χ0v) is 15.7. The molecule has 1 N–H and O–H groups in total. The fourth-order valence-corrected chi connectivity index (χ4v) is 3.08. The largest absolute Gasteiger partial charge is 0.489 e. The van der Waals surface area contributed by atoms with Crippen LogP contribution in [0.5, 0.6) is 5.75 Å². The maximum atomic E-state index is 12.1. The van der Waals surface area contributed by atoms with Gasteiger partial charge in [0.2, 0.25) is 5.91 Å². The molecule has 0 unspecified atom stereocenters. The number of carbonyl (C=O) groups is 1. The van der Waals surface area contributed by atoms with Crippen LogP contribution in [0.3, 0.4) is 0 Å². The molecule has 0 fully saturated rings. The summed E-state index contributed by atoms with van der Waals surface area (Å²) in [4.78, 5) is 23.1. The number of anilines is 1. The Balaban J connectivity index is 1.45. The van der Waals surface area contributed by atoms with Crippen molar-refractivity contribution in [3.63, 3.8) is 0 Å². The van der Waals surface area contributed by atoms with Crippen LogP contribution >= 0.6 is 11.8 Å². The van der Waals surface area contributed by atoms with Crippen molar-refractivity contribution in [1.29, 1.82) is 0 Å². The minimum Gasteiger partial charge on any atom is -0.489 e. The zero-order chi connectivity index (χ0) is 19.8. The monoisotopic (exact) mass is 394 g/mol. The SMILES string of the molecule is O=C(CSc1ccc([N+](=O)[O-])cc1)Nc1ccc(OCc2ccccc2)cc1. The van der Waals surface area contributed by atoms with Gasteiger partial charge in [-0.3, -0.25) is 14.9 Å². The van der Waals surface area contributed by atoms with Crippen LogP contribution in [0.15, 0.2) is 83.8 Å². The van der Waals surface area contributed by atoms with Gasteiger partial charge in [0.25, 0.3) is 5.69 Å². The van der Waals surface area contributed by atoms with Crippen LogP contribution in [0.1, 0.15) is 5.56 Å². The molecule has 3 aromatic carbocycles. The van der Waals surface area contributed by atoms with E-state index in [4.69, 9.17) is 4.74 Å². The number of nitrogens with zero attached hydrogens (tertiary/aromatic N) is 1. The number of non-ortho nitro benzene ring substituents is 1. The summed E-state index contributed by atoms with van der Waals surface area (Å²) in [6.45, 7) is 0.485. The molecule has 0 atom stereocenters. The molecule has 0 aliphatic carbocycles. The van der Waals surface area contributed by atoms with E-state index in [1.807, 2.05) is 42.5 Å². The molecule has 0 saturated heterocycles. The smallest absolute Gasteiger partial charge is 0.269 e. The topological polar surface area (TPSA) is 81.5 Å². The van der Waals surface area contributed by atoms with Crippen LogP contribution in [0.25, 0.3) is 0 Å². The molecule has 3 aromatic rings. The first-order chi connectivity index (χ1) is 13.6. The summed E-state index contributed by atoms with van der Waals surface area (Å²) >= 11 is 1.32. The normalized spacial score (nSPS) is 10.3. The average molecular weight is 394 g/mol. The molecular weight excluding hydrogens is 376 g/mol. The molecule has 28 heavy (non-hydrogen) atoms. The number of nitro groups is 1. The van der Waals surface area contributed by atoms with Crippen molar-refractivity contribution >= 4 is 29.0 Å². The van der Waals surface area contributed by atoms with Gasteiger partial charge < -0.3 is 10.1 Å². The number of benzene rings is 3. The predicted octanol–water partition coefficient (Wildman–Crippen LogP) is 4.90. The molecule has 0 aromatic heterocycles. The molecule has 1 amide bonds. The number of nitro benzene ring substituents is 1. The molecule has 7 heteroatoms. The number of nitrogens with one attached hydrogen (secondary N) is 1. The van der Waals surface area contributed by atoms with E-state index < -0.39 is 4.92 Å². The van der Waals surface area contributed by atoms with Crippen LogP contribution in [0, 0.1) is 10.1 Å². The van der Waals surface area contributed by atoms with E-state index in [0.717, 1.165) is 16.2 Å². The third-order valence-electron chi connectivity index (χ3n) is 3.80. The number of hydrogen-bond acceptors (Lipinski definition) is 5. The highest BCUT2D eigenvalue weighted by Gasteiger charge is 2.07. The molecule has 0 aliphatic rings. The highest BCUT2D eigenvalue weighted by atomic mass is 32.2. The van der Waals surface area contributed by atoms with Gasteiger partial charge in [-0.1, -0.05) is 30.3 Å². The second-order valence-electron chi connectivity index (χ2n) is 5.89. The number of thioether (sulfide) groups is 1. The van der Waals surface area contributed by atoms with Crippen LogP contribution in [-0.2, 0) is 11.4 Å². The fraction of sp³-hybridized carbons (Fsp3) is 0.0952. The summed E-state index contributed by atoms with van der Waals surface area (Å²) in [5, 5.41) is 13.5. The molecule has 0 saturated carbocycles. The van der Waals surface area contributed by atoms with E-state index in [2.05, 4.69) is 5.32 Å². The first-order valence-corrected chi connectivity index (χ1v) is 9.52. The van der Waals surface area contributed by atoms with Crippen LogP contribution in [0.4, 0.5) is 11.4 Å². The zero-order valence-electron chi connectivity index (χ0n) is 14.9. The van der Waals surface area contributed by atoms with Crippen molar-refractivity contribution < 1.29 is 14.5 Å². The Morgan fingerprint density at radius 1 is 0.964 bits per heavy atom. The van der Waals surface area contributed by atoms with E-state index in [1.165, 1.54) is 23.9 Å². The first-order valence-electron chi connectivity index (χ1n) is 8.54. The Hall–Kier alpha value is -3.32. The fourth-order valence-electron chi connectivity index (χ4n) is 2.39. The highest BCUT2D eigenvalue weighted by molar-refractivity contribution is 8.00. The molecule has 0 aliphatic heterocycles. The number of amides is 1. The number of carbonyl (C=O) groups excluding carboxylic acids is 1. The molecule has 0 spiro atoms. The van der Waals surface area contributed by atoms with Crippen molar-refractivity contribution in [2.45, 2.75) is 11.5 Å². The molecular formula is C21H18N2O4S. The number of ether oxygens (including phenoxy) is 1. The molecule has 0 heterocycles. The summed E-state index contributed by atoms with van der Waals surface area (Å²) in [7, 11) is 0. The molecule has 3 rings (SSSR count). The van der Waals surface area contributed by atoms with Crippen molar-refractivity contribution in [3.05, 3.63) is 94.5 Å². The van der Waals surface area contributed by atoms with Crippen molar-refractivity contribution in [2.75, 3.05) is 11.1 Å². The molecule has 0 radical (unpaired) electrons. The van der Waals surface area contributed by atoms with Crippen molar-refractivity contribution in [3.8, 4) is 5.75 Å². The first kappa shape index (κ1) is 19.4. The molecule has 142 valence electrons. The third kappa shape index (κ3) is 5.85. The van der Waals surface area contributed by atoms with Gasteiger partial charge in [0.1, 0.15) is 12.4 Å². The van der Waals surface area contributed by atoms with Crippen molar-refractivity contribution in [2.24, 2.45) is 0 Å². The second kappa shape index (κ2) is 9.57. The summed E-state index contributed by atoms with van der Waals surface area (Å²) in [5.74, 6) is 0.785. The van der Waals surface area contributed by atoms with Gasteiger partial charge in [-0.15, -0.1) is 11.8 Å². The Bertz CT molecular complexity index is 929. The van der Waals surface area contributed by atoms with Gasteiger partial charge in [-0.05, 0) is 42.0 Å². The minimum atomic E-state index is -0.450. The number of rotatable bonds is 8.